The molecular weight excluding hydrogens is 840 g/mol. The summed E-state index contributed by atoms with van der Waals surface area (Å²) in [6.07, 6.45) is 2.26. The molecule has 0 amide bonds. The topological polar surface area (TPSA) is 6.48 Å². The highest BCUT2D eigenvalue weighted by molar-refractivity contribution is 7.33. The van der Waals surface area contributed by atoms with E-state index in [4.69, 9.17) is 0 Å². The number of anilines is 6. The number of hydrogen-bond donors (Lipinski definition) is 0. The summed E-state index contributed by atoms with van der Waals surface area (Å²) in [5, 5.41) is 1.19. The fourth-order valence-corrected chi connectivity index (χ4v) is 13.2. The zero-order chi connectivity index (χ0) is 50.8. The second kappa shape index (κ2) is 15.2. The molecule has 1 aromatic heterocycles. The second-order valence-corrected chi connectivity index (χ2v) is 26.5. The first-order chi connectivity index (χ1) is 32.4. The van der Waals surface area contributed by atoms with Crippen molar-refractivity contribution in [3.8, 4) is 11.1 Å². The molecule has 0 spiro atoms. The molecule has 3 heterocycles. The van der Waals surface area contributed by atoms with Crippen LogP contribution in [-0.2, 0) is 27.1 Å². The molecule has 0 bridgehead atoms. The lowest BCUT2D eigenvalue weighted by Crippen LogP contribution is -2.61. The Morgan fingerprint density at radius 3 is 1.63 bits per heavy atom. The van der Waals surface area contributed by atoms with Crippen LogP contribution in [0.3, 0.4) is 0 Å². The van der Waals surface area contributed by atoms with Crippen LogP contribution in [-0.4, -0.2) is 6.71 Å². The number of rotatable bonds is 3. The normalized spacial score (nSPS) is 16.6. The van der Waals surface area contributed by atoms with Crippen LogP contribution in [0, 0.1) is 41.5 Å². The van der Waals surface area contributed by atoms with Gasteiger partial charge in [-0.2, -0.15) is 0 Å². The SMILES string of the molecule is [2H]c1cc(C(C)(C)C)cc([2H])c1N1c2cc(C)cc3c2B(c2cc4c(cc2N3c2ccc(C(C)(C)C)cc2-c2c(C)c(C)c(C)c(C)c2C)C(C)(C)CCC4(C)C)c2sc3ccc(C(C)(C)C)cc3c21. The Morgan fingerprint density at radius 2 is 1.06 bits per heavy atom. The molecule has 0 radical (unpaired) electrons. The minimum Gasteiger partial charge on any atom is -0.311 e. The summed E-state index contributed by atoms with van der Waals surface area (Å²) in [5.41, 5.74) is 25.6. The molecule has 6 aromatic carbocycles. The minimum atomic E-state index is -0.210. The smallest absolute Gasteiger partial charge is 0.264 e. The van der Waals surface area contributed by atoms with Crippen molar-refractivity contribution in [1.82, 2.24) is 0 Å². The number of hydrogen-bond acceptors (Lipinski definition) is 3. The minimum absolute atomic E-state index is 0.00780. The van der Waals surface area contributed by atoms with Crippen LogP contribution >= 0.6 is 11.3 Å². The Morgan fingerprint density at radius 1 is 0.544 bits per heavy atom. The summed E-state index contributed by atoms with van der Waals surface area (Å²) in [7, 11) is 0. The lowest BCUT2D eigenvalue weighted by atomic mass is 9.35. The first-order valence-corrected chi connectivity index (χ1v) is 26.1. The van der Waals surface area contributed by atoms with E-state index in [0.29, 0.717) is 17.8 Å². The Hall–Kier alpha value is -5.06. The van der Waals surface area contributed by atoms with E-state index in [1.807, 2.05) is 23.5 Å². The van der Waals surface area contributed by atoms with E-state index in [1.165, 1.54) is 104 Å². The van der Waals surface area contributed by atoms with E-state index < -0.39 is 0 Å². The monoisotopic (exact) mass is 917 g/mol. The first-order valence-electron chi connectivity index (χ1n) is 26.3. The summed E-state index contributed by atoms with van der Waals surface area (Å²) in [4.78, 5) is 5.01. The lowest BCUT2D eigenvalue weighted by molar-refractivity contribution is 0.332. The third-order valence-electron chi connectivity index (χ3n) is 16.8. The molecule has 350 valence electrons. The van der Waals surface area contributed by atoms with Gasteiger partial charge in [0.05, 0.1) is 14.1 Å². The van der Waals surface area contributed by atoms with Gasteiger partial charge in [-0.25, -0.2) is 0 Å². The average molecular weight is 917 g/mol. The van der Waals surface area contributed by atoms with Gasteiger partial charge >= 0.3 is 0 Å². The maximum atomic E-state index is 9.96. The fraction of sp³-hybridized carbons (Fsp3) is 0.406. The molecular formula is C64H75BN2S. The molecule has 7 aromatic rings. The van der Waals surface area contributed by atoms with Gasteiger partial charge in [0.2, 0.25) is 0 Å². The van der Waals surface area contributed by atoms with Crippen LogP contribution < -0.4 is 25.5 Å². The van der Waals surface area contributed by atoms with E-state index in [2.05, 4.69) is 202 Å². The summed E-state index contributed by atoms with van der Waals surface area (Å²) in [6.45, 7) is 44.0. The molecule has 2 nitrogen and oxygen atoms in total. The van der Waals surface area contributed by atoms with Crippen LogP contribution in [0.25, 0.3) is 21.2 Å². The summed E-state index contributed by atoms with van der Waals surface area (Å²) < 4.78 is 22.4. The van der Waals surface area contributed by atoms with Crippen molar-refractivity contribution in [2.75, 3.05) is 9.80 Å². The highest BCUT2D eigenvalue weighted by Crippen LogP contribution is 2.54. The third kappa shape index (κ3) is 7.07. The van der Waals surface area contributed by atoms with Gasteiger partial charge in [0.1, 0.15) is 0 Å². The van der Waals surface area contributed by atoms with Crippen molar-refractivity contribution in [2.24, 2.45) is 0 Å². The van der Waals surface area contributed by atoms with Gasteiger partial charge in [0.15, 0.2) is 0 Å². The molecule has 0 fully saturated rings. The molecule has 0 atom stereocenters. The zero-order valence-electron chi connectivity index (χ0n) is 46.7. The van der Waals surface area contributed by atoms with Crippen molar-refractivity contribution >= 4 is 78.0 Å². The largest absolute Gasteiger partial charge is 0.311 e. The highest BCUT2D eigenvalue weighted by atomic mass is 32.1. The predicted molar refractivity (Wildman–Crippen MR) is 301 cm³/mol. The summed E-state index contributed by atoms with van der Waals surface area (Å²) in [6, 6.07) is 29.3. The van der Waals surface area contributed by atoms with E-state index in [1.54, 1.807) is 0 Å². The van der Waals surface area contributed by atoms with Gasteiger partial charge in [0, 0.05) is 43.2 Å². The van der Waals surface area contributed by atoms with Gasteiger partial charge in [-0.1, -0.05) is 120 Å². The number of nitrogens with zero attached hydrogens (tertiary/aromatic N) is 2. The molecule has 3 aliphatic rings. The third-order valence-corrected chi connectivity index (χ3v) is 18.1. The van der Waals surface area contributed by atoms with E-state index >= 15 is 0 Å². The maximum absolute atomic E-state index is 9.96. The highest BCUT2D eigenvalue weighted by Gasteiger charge is 2.48. The van der Waals surface area contributed by atoms with Crippen molar-refractivity contribution < 1.29 is 2.74 Å². The lowest BCUT2D eigenvalue weighted by Gasteiger charge is -2.47. The Kier molecular flexibility index (Phi) is 9.89. The average Bonchev–Trinajstić information content (AvgIpc) is 3.64. The number of aryl methyl sites for hydroxylation is 1. The maximum Gasteiger partial charge on any atom is 0.264 e. The molecule has 4 heteroatoms. The van der Waals surface area contributed by atoms with E-state index in [0.717, 1.165) is 35.3 Å². The molecule has 0 unspecified atom stereocenters. The van der Waals surface area contributed by atoms with E-state index in [-0.39, 0.29) is 33.8 Å². The van der Waals surface area contributed by atoms with Gasteiger partial charge in [-0.15, -0.1) is 11.3 Å². The van der Waals surface area contributed by atoms with Crippen LogP contribution in [0.15, 0.2) is 84.9 Å². The molecule has 0 N–H and O–H groups in total. The van der Waals surface area contributed by atoms with Gasteiger partial charge in [0.25, 0.3) is 6.71 Å². The van der Waals surface area contributed by atoms with Crippen molar-refractivity contribution in [1.29, 1.82) is 0 Å². The first kappa shape index (κ1) is 44.2. The molecule has 10 rings (SSSR count). The Bertz CT molecular complexity index is 3330. The van der Waals surface area contributed by atoms with Crippen LogP contribution in [0.5, 0.6) is 0 Å². The predicted octanol–water partition coefficient (Wildman–Crippen LogP) is 16.7. The standard InChI is InChI=1S/C64H75BN2S/c1-36-30-53-57-54(31-36)67(51-26-22-43(61(10,11)12)32-46(51)56-40(5)38(3)37(2)39(4)41(56)6)52-35-49-48(63(16,17)28-29-64(49,18)19)34-50(52)65(57)59-58(47-33-44(62(13,14)15)23-27-55(47)68-59)66(53)45-24-20-42(21-25-45)60(7,8)9/h20-27,30-35H,28-29H2,1-19H3/i24D,25D. The zero-order valence-corrected chi connectivity index (χ0v) is 45.5. The summed E-state index contributed by atoms with van der Waals surface area (Å²) in [5.74, 6) is 0. The van der Waals surface area contributed by atoms with Crippen LogP contribution in [0.1, 0.15) is 167 Å². The van der Waals surface area contributed by atoms with E-state index in [9.17, 15) is 2.74 Å². The molecule has 2 aliphatic heterocycles. The Labute approximate surface area is 417 Å². The molecule has 0 saturated carbocycles. The summed E-state index contributed by atoms with van der Waals surface area (Å²) >= 11 is 1.91. The van der Waals surface area contributed by atoms with Crippen LogP contribution in [0.2, 0.25) is 0 Å². The molecule has 68 heavy (non-hydrogen) atoms. The quantitative estimate of drug-likeness (QED) is 0.163. The fourth-order valence-electron chi connectivity index (χ4n) is 11.9. The van der Waals surface area contributed by atoms with Gasteiger partial charge < -0.3 is 9.80 Å². The van der Waals surface area contributed by atoms with Gasteiger partial charge in [-0.05, 0) is 214 Å². The number of thiophene rings is 1. The molecule has 1 aliphatic carbocycles. The second-order valence-electron chi connectivity index (χ2n) is 25.4. The van der Waals surface area contributed by atoms with Crippen molar-refractivity contribution in [3.05, 3.63) is 146 Å². The van der Waals surface area contributed by atoms with Crippen LogP contribution in [0.4, 0.5) is 34.1 Å². The number of fused-ring (bicyclic) bond motifs is 7. The Balaban J connectivity index is 1.40. The number of benzene rings is 6. The molecule has 0 saturated heterocycles. The van der Waals surface area contributed by atoms with Gasteiger partial charge in [-0.3, -0.25) is 0 Å². The van der Waals surface area contributed by atoms with Crippen molar-refractivity contribution in [3.63, 3.8) is 0 Å². The van der Waals surface area contributed by atoms with Crippen molar-refractivity contribution in [2.45, 2.75) is 171 Å².